The summed E-state index contributed by atoms with van der Waals surface area (Å²) in [6, 6.07) is 7.90. The molecule has 0 saturated heterocycles. The summed E-state index contributed by atoms with van der Waals surface area (Å²) in [5.74, 6) is 0.854. The molecule has 0 bridgehead atoms. The lowest BCUT2D eigenvalue weighted by molar-refractivity contribution is 0.472. The maximum atomic E-state index is 5.61. The van der Waals surface area contributed by atoms with Gasteiger partial charge >= 0.3 is 0 Å². The van der Waals surface area contributed by atoms with Crippen LogP contribution in [0.2, 0.25) is 0 Å². The number of hydrogen-bond donors (Lipinski definition) is 0. The van der Waals surface area contributed by atoms with Gasteiger partial charge in [-0.1, -0.05) is 36.2 Å². The zero-order valence-corrected chi connectivity index (χ0v) is 9.23. The van der Waals surface area contributed by atoms with Gasteiger partial charge in [0, 0.05) is 11.1 Å². The number of fused-ring (bicyclic) bond motifs is 1. The van der Waals surface area contributed by atoms with Crippen molar-refractivity contribution >= 4 is 5.57 Å². The molecule has 80 valence electrons. The average Bonchev–Trinajstić information content (AvgIpc) is 2.40. The first kappa shape index (κ1) is 9.74. The molecule has 1 aromatic carbocycles. The molecule has 0 N–H and O–H groups in total. The van der Waals surface area contributed by atoms with Crippen LogP contribution in [0.3, 0.4) is 0 Å². The smallest absolute Gasteiger partial charge is 0.134 e. The molecule has 0 saturated carbocycles. The molecule has 1 heteroatoms. The molecule has 3 rings (SSSR count). The van der Waals surface area contributed by atoms with Crippen LogP contribution in [0.5, 0.6) is 5.75 Å². The summed E-state index contributed by atoms with van der Waals surface area (Å²) in [7, 11) is 0. The van der Waals surface area contributed by atoms with E-state index in [9.17, 15) is 0 Å². The SMILES string of the molecule is C=C1C(C2=CC=C=C=C2)=COc2ccccc21. The van der Waals surface area contributed by atoms with Crippen LogP contribution in [0.1, 0.15) is 5.56 Å². The molecular weight excluding hydrogens is 208 g/mol. The monoisotopic (exact) mass is 218 g/mol. The fourth-order valence-corrected chi connectivity index (χ4v) is 1.91. The molecule has 0 unspecified atom stereocenters. The third-order valence-electron chi connectivity index (χ3n) is 2.81. The Morgan fingerprint density at radius 2 is 2.00 bits per heavy atom. The quantitative estimate of drug-likeness (QED) is 0.652. The van der Waals surface area contributed by atoms with E-state index in [1.165, 1.54) is 0 Å². The predicted octanol–water partition coefficient (Wildman–Crippen LogP) is 3.78. The van der Waals surface area contributed by atoms with Crippen molar-refractivity contribution in [2.75, 3.05) is 0 Å². The van der Waals surface area contributed by atoms with Crippen molar-refractivity contribution in [2.45, 2.75) is 0 Å². The number of ether oxygens (including phenoxy) is 1. The summed E-state index contributed by atoms with van der Waals surface area (Å²) >= 11 is 0. The van der Waals surface area contributed by atoms with Crippen molar-refractivity contribution < 1.29 is 4.74 Å². The van der Waals surface area contributed by atoms with Gasteiger partial charge in [0.05, 0.1) is 6.26 Å². The fraction of sp³-hybridized carbons (Fsp3) is 0. The summed E-state index contributed by atoms with van der Waals surface area (Å²) in [5.41, 5.74) is 9.88. The Hall–Kier alpha value is -2.46. The van der Waals surface area contributed by atoms with Crippen LogP contribution in [0.15, 0.2) is 77.9 Å². The van der Waals surface area contributed by atoms with E-state index in [0.29, 0.717) is 0 Å². The number of allylic oxidation sites excluding steroid dienone is 6. The first-order chi connectivity index (χ1) is 8.36. The third kappa shape index (κ3) is 1.60. The Morgan fingerprint density at radius 1 is 1.12 bits per heavy atom. The molecule has 0 aromatic heterocycles. The summed E-state index contributed by atoms with van der Waals surface area (Å²) in [6.07, 6.45) is 7.44. The maximum absolute atomic E-state index is 5.61. The minimum Gasteiger partial charge on any atom is -0.464 e. The normalized spacial score (nSPS) is 16.1. The molecule has 1 aliphatic carbocycles. The van der Waals surface area contributed by atoms with Crippen LogP contribution in [-0.2, 0) is 0 Å². The Balaban J connectivity index is 2.04. The number of para-hydroxylation sites is 1. The Bertz CT molecular complexity index is 659. The molecule has 0 amide bonds. The highest BCUT2D eigenvalue weighted by atomic mass is 16.5. The molecular formula is C16H10O. The van der Waals surface area contributed by atoms with Gasteiger partial charge in [0.2, 0.25) is 0 Å². The predicted molar refractivity (Wildman–Crippen MR) is 68.4 cm³/mol. The lowest BCUT2D eigenvalue weighted by Crippen LogP contribution is -2.02. The van der Waals surface area contributed by atoms with Crippen LogP contribution in [-0.4, -0.2) is 0 Å². The minimum absolute atomic E-state index is 0.854. The second-order valence-electron chi connectivity index (χ2n) is 3.85. The third-order valence-corrected chi connectivity index (χ3v) is 2.81. The molecule has 0 fully saturated rings. The van der Waals surface area contributed by atoms with Gasteiger partial charge < -0.3 is 4.74 Å². The van der Waals surface area contributed by atoms with Gasteiger partial charge in [-0.25, -0.2) is 0 Å². The first-order valence-electron chi connectivity index (χ1n) is 5.40. The number of hydrogen-bond acceptors (Lipinski definition) is 1. The highest BCUT2D eigenvalue weighted by molar-refractivity contribution is 5.87. The molecule has 0 spiro atoms. The van der Waals surface area contributed by atoms with Gasteiger partial charge in [0.1, 0.15) is 5.75 Å². The Kier molecular flexibility index (Phi) is 2.20. The number of rotatable bonds is 1. The minimum atomic E-state index is 0.854. The van der Waals surface area contributed by atoms with Gasteiger partial charge in [-0.3, -0.25) is 0 Å². The van der Waals surface area contributed by atoms with Gasteiger partial charge in [-0.05, 0) is 35.4 Å². The van der Waals surface area contributed by atoms with Crippen molar-refractivity contribution in [3.63, 3.8) is 0 Å². The van der Waals surface area contributed by atoms with E-state index >= 15 is 0 Å². The summed E-state index contributed by atoms with van der Waals surface area (Å²) in [6.45, 7) is 4.14. The van der Waals surface area contributed by atoms with Gasteiger partial charge in [0.25, 0.3) is 0 Å². The van der Waals surface area contributed by atoms with Crippen molar-refractivity contribution in [1.82, 2.24) is 0 Å². The van der Waals surface area contributed by atoms with Crippen LogP contribution < -0.4 is 4.74 Å². The summed E-state index contributed by atoms with van der Waals surface area (Å²) in [4.78, 5) is 0. The van der Waals surface area contributed by atoms with Crippen LogP contribution >= 0.6 is 0 Å². The van der Waals surface area contributed by atoms with Gasteiger partial charge in [-0.2, -0.15) is 0 Å². The second-order valence-corrected chi connectivity index (χ2v) is 3.85. The van der Waals surface area contributed by atoms with Crippen molar-refractivity contribution in [3.05, 3.63) is 83.5 Å². The van der Waals surface area contributed by atoms with Crippen LogP contribution in [0, 0.1) is 0 Å². The topological polar surface area (TPSA) is 9.23 Å². The zero-order valence-electron chi connectivity index (χ0n) is 9.23. The summed E-state index contributed by atoms with van der Waals surface area (Å²) in [5, 5.41) is 0. The number of benzene rings is 1. The van der Waals surface area contributed by atoms with E-state index in [1.54, 1.807) is 6.26 Å². The van der Waals surface area contributed by atoms with E-state index in [2.05, 4.69) is 18.0 Å². The van der Waals surface area contributed by atoms with Gasteiger partial charge in [-0.15, -0.1) is 0 Å². The zero-order chi connectivity index (χ0) is 11.7. The lowest BCUT2D eigenvalue weighted by atomic mass is 9.91. The van der Waals surface area contributed by atoms with Gasteiger partial charge in [0.15, 0.2) is 0 Å². The summed E-state index contributed by atoms with van der Waals surface area (Å²) < 4.78 is 5.61. The van der Waals surface area contributed by atoms with Crippen molar-refractivity contribution in [2.24, 2.45) is 0 Å². The highest BCUT2D eigenvalue weighted by Crippen LogP contribution is 2.37. The van der Waals surface area contributed by atoms with E-state index in [4.69, 9.17) is 4.74 Å². The Labute approximate surface area is 100 Å². The first-order valence-corrected chi connectivity index (χ1v) is 5.40. The average molecular weight is 218 g/mol. The van der Waals surface area contributed by atoms with E-state index < -0.39 is 0 Å². The second kappa shape index (κ2) is 3.84. The standard InChI is InChI=1S/C16H10O/c1-12-14-9-5-6-10-16(14)17-11-15(12)13-7-3-2-4-8-13/h3,5-11H,1H2. The maximum Gasteiger partial charge on any atom is 0.134 e. The fourth-order valence-electron chi connectivity index (χ4n) is 1.91. The molecule has 0 radical (unpaired) electrons. The van der Waals surface area contributed by atoms with Crippen molar-refractivity contribution in [3.8, 4) is 5.75 Å². The van der Waals surface area contributed by atoms with Crippen LogP contribution in [0.4, 0.5) is 0 Å². The largest absolute Gasteiger partial charge is 0.464 e. The van der Waals surface area contributed by atoms with E-state index in [-0.39, 0.29) is 0 Å². The highest BCUT2D eigenvalue weighted by Gasteiger charge is 2.18. The molecule has 1 heterocycles. The van der Waals surface area contributed by atoms with E-state index in [1.807, 2.05) is 42.5 Å². The molecule has 17 heavy (non-hydrogen) atoms. The molecule has 1 aromatic rings. The van der Waals surface area contributed by atoms with Crippen LogP contribution in [0.25, 0.3) is 5.57 Å². The Morgan fingerprint density at radius 3 is 2.82 bits per heavy atom. The molecule has 0 atom stereocenters. The lowest BCUT2D eigenvalue weighted by Gasteiger charge is -2.20. The molecule has 1 nitrogen and oxygen atoms in total. The van der Waals surface area contributed by atoms with E-state index in [0.717, 1.165) is 28.0 Å². The molecule has 2 aliphatic rings. The molecule has 1 aliphatic heterocycles. The van der Waals surface area contributed by atoms with Crippen molar-refractivity contribution in [1.29, 1.82) is 0 Å².